The zero-order valence-corrected chi connectivity index (χ0v) is 18.8. The number of rotatable bonds is 5. The molecule has 4 rings (SSSR count). The molecule has 0 unspecified atom stereocenters. The number of carbonyl (C=O) groups excluding carboxylic acids is 1. The summed E-state index contributed by atoms with van der Waals surface area (Å²) in [5.41, 5.74) is -2.13. The minimum atomic E-state index is -4.76. The monoisotopic (exact) mass is 512 g/mol. The second-order valence-corrected chi connectivity index (χ2v) is 8.39. The van der Waals surface area contributed by atoms with Crippen molar-refractivity contribution in [1.82, 2.24) is 14.9 Å². The number of hydrogen-bond donors (Lipinski definition) is 3. The highest BCUT2D eigenvalue weighted by Crippen LogP contribution is 2.26. The van der Waals surface area contributed by atoms with Gasteiger partial charge >= 0.3 is 6.18 Å². The van der Waals surface area contributed by atoms with Crippen LogP contribution in [0.3, 0.4) is 0 Å². The first-order valence-corrected chi connectivity index (χ1v) is 10.9. The zero-order valence-electron chi connectivity index (χ0n) is 18.8. The smallest absolute Gasteiger partial charge is 0.389 e. The molecule has 3 N–H and O–H groups in total. The molecule has 8 nitrogen and oxygen atoms in total. The lowest BCUT2D eigenvalue weighted by molar-refractivity contribution is -0.153. The highest BCUT2D eigenvalue weighted by atomic mass is 19.4. The van der Waals surface area contributed by atoms with Crippen LogP contribution < -0.4 is 15.6 Å². The van der Waals surface area contributed by atoms with E-state index in [-0.39, 0.29) is 35.6 Å². The molecule has 0 spiro atoms. The molecule has 0 radical (unpaired) electrons. The van der Waals surface area contributed by atoms with Crippen molar-refractivity contribution in [1.29, 1.82) is 0 Å². The quantitative estimate of drug-likeness (QED) is 0.453. The predicted molar refractivity (Wildman–Crippen MR) is 119 cm³/mol. The van der Waals surface area contributed by atoms with Crippen LogP contribution in [-0.2, 0) is 0 Å². The predicted octanol–water partition coefficient (Wildman–Crippen LogP) is 2.28. The lowest BCUT2D eigenvalue weighted by atomic mass is 10.1. The topological polar surface area (TPSA) is 108 Å². The number of pyridine rings is 2. The largest absolute Gasteiger partial charge is 0.408 e. The number of hydrogen-bond acceptors (Lipinski definition) is 6. The number of anilines is 1. The van der Waals surface area contributed by atoms with Crippen molar-refractivity contribution in [2.75, 3.05) is 18.0 Å². The molecule has 13 heteroatoms. The molecule has 3 atom stereocenters. The first kappa shape index (κ1) is 25.5. The molecule has 3 heterocycles. The molecule has 1 aliphatic rings. The van der Waals surface area contributed by atoms with Crippen LogP contribution in [-0.4, -0.2) is 63.2 Å². The summed E-state index contributed by atoms with van der Waals surface area (Å²) in [6.07, 6.45) is -6.49. The molecule has 36 heavy (non-hydrogen) atoms. The van der Waals surface area contributed by atoms with Crippen LogP contribution in [0, 0.1) is 11.6 Å². The van der Waals surface area contributed by atoms with Gasteiger partial charge in [-0.1, -0.05) is 6.92 Å². The number of aliphatic hydroxyl groups is 2. The third kappa shape index (κ3) is 4.75. The third-order valence-electron chi connectivity index (χ3n) is 5.94. The Hall–Kier alpha value is -3.58. The van der Waals surface area contributed by atoms with Gasteiger partial charge in [-0.15, -0.1) is 0 Å². The van der Waals surface area contributed by atoms with E-state index >= 15 is 0 Å². The van der Waals surface area contributed by atoms with E-state index < -0.39 is 59.4 Å². The van der Waals surface area contributed by atoms with Gasteiger partial charge in [-0.2, -0.15) is 13.2 Å². The van der Waals surface area contributed by atoms with Gasteiger partial charge in [0, 0.05) is 25.4 Å². The summed E-state index contributed by atoms with van der Waals surface area (Å²) in [6.45, 7) is 1.25. The molecule has 1 fully saturated rings. The van der Waals surface area contributed by atoms with Crippen LogP contribution in [0.1, 0.15) is 23.7 Å². The number of carbonyl (C=O) groups is 1. The average molecular weight is 512 g/mol. The van der Waals surface area contributed by atoms with Crippen LogP contribution in [0.5, 0.6) is 0 Å². The maximum Gasteiger partial charge on any atom is 0.408 e. The average Bonchev–Trinajstić information content (AvgIpc) is 3.15. The molecular weight excluding hydrogens is 491 g/mol. The van der Waals surface area contributed by atoms with Gasteiger partial charge < -0.3 is 20.4 Å². The molecule has 0 bridgehead atoms. The molecule has 2 aromatic heterocycles. The van der Waals surface area contributed by atoms with Crippen molar-refractivity contribution in [3.05, 3.63) is 63.9 Å². The van der Waals surface area contributed by atoms with E-state index in [0.29, 0.717) is 6.07 Å². The summed E-state index contributed by atoms with van der Waals surface area (Å²) in [5.74, 6) is -3.09. The Morgan fingerprint density at radius 1 is 1.17 bits per heavy atom. The van der Waals surface area contributed by atoms with E-state index in [2.05, 4.69) is 4.98 Å². The molecule has 1 aromatic carbocycles. The summed E-state index contributed by atoms with van der Waals surface area (Å²) in [7, 11) is 0. The molecule has 1 saturated heterocycles. The van der Waals surface area contributed by atoms with Crippen molar-refractivity contribution in [3.63, 3.8) is 0 Å². The fourth-order valence-corrected chi connectivity index (χ4v) is 4.00. The van der Waals surface area contributed by atoms with Crippen LogP contribution >= 0.6 is 0 Å². The van der Waals surface area contributed by atoms with Gasteiger partial charge in [-0.25, -0.2) is 13.8 Å². The van der Waals surface area contributed by atoms with E-state index in [1.807, 2.05) is 0 Å². The lowest BCUT2D eigenvalue weighted by Crippen LogP contribution is -2.46. The van der Waals surface area contributed by atoms with Crippen LogP contribution in [0.25, 0.3) is 16.7 Å². The highest BCUT2D eigenvalue weighted by Gasteiger charge is 2.40. The van der Waals surface area contributed by atoms with Crippen molar-refractivity contribution in [2.45, 2.75) is 37.8 Å². The molecule has 1 aliphatic heterocycles. The SMILES string of the molecule is CC[C@@H](NC(=O)c1cn(-c2ccc(F)cc2F)c2nc(N3C[C@@H](O)[C@@H](O)C3)ccc2c1=O)C(F)(F)F. The first-order chi connectivity index (χ1) is 16.9. The number of halogens is 5. The Morgan fingerprint density at radius 3 is 2.42 bits per heavy atom. The van der Waals surface area contributed by atoms with Crippen molar-refractivity contribution >= 4 is 22.8 Å². The Labute approximate surface area is 200 Å². The number of benzene rings is 1. The first-order valence-electron chi connectivity index (χ1n) is 10.9. The third-order valence-corrected chi connectivity index (χ3v) is 5.94. The van der Waals surface area contributed by atoms with Gasteiger partial charge in [0.2, 0.25) is 5.43 Å². The van der Waals surface area contributed by atoms with Gasteiger partial charge in [0.1, 0.15) is 29.1 Å². The molecule has 0 saturated carbocycles. The Balaban J connectivity index is 1.90. The number of aliphatic hydroxyl groups excluding tert-OH is 2. The number of alkyl halides is 3. The summed E-state index contributed by atoms with van der Waals surface area (Å²) in [5, 5.41) is 21.3. The van der Waals surface area contributed by atoms with Crippen molar-refractivity contribution in [2.24, 2.45) is 0 Å². The van der Waals surface area contributed by atoms with Crippen LogP contribution in [0.4, 0.5) is 27.8 Å². The minimum absolute atomic E-state index is 0.0190. The standard InChI is InChI=1S/C23H21F5N4O4/c1-2-18(23(26,27)28)29-22(36)13-8-32(15-5-3-11(24)7-14(15)25)21-12(20(13)35)4-6-19(30-21)31-9-16(33)17(34)10-31/h3-8,16-18,33-34H,2,9-10H2,1H3,(H,29,36)/t16-,17+,18-/m1/s1. The second-order valence-electron chi connectivity index (χ2n) is 8.39. The molecule has 3 aromatic rings. The number of aromatic nitrogens is 2. The van der Waals surface area contributed by atoms with Gasteiger partial charge in [0.05, 0.1) is 23.3 Å². The molecular formula is C23H21F5N4O4. The lowest BCUT2D eigenvalue weighted by Gasteiger charge is -2.21. The van der Waals surface area contributed by atoms with Crippen molar-refractivity contribution < 1.29 is 37.0 Å². The Morgan fingerprint density at radius 2 is 1.83 bits per heavy atom. The van der Waals surface area contributed by atoms with Crippen LogP contribution in [0.2, 0.25) is 0 Å². The van der Waals surface area contributed by atoms with Gasteiger partial charge in [-0.3, -0.25) is 14.2 Å². The number of amides is 1. The highest BCUT2D eigenvalue weighted by molar-refractivity contribution is 5.97. The Kier molecular flexibility index (Phi) is 6.71. The summed E-state index contributed by atoms with van der Waals surface area (Å²) < 4.78 is 68.8. The number of nitrogens with zero attached hydrogens (tertiary/aromatic N) is 3. The maximum atomic E-state index is 14.7. The van der Waals surface area contributed by atoms with E-state index in [0.717, 1.165) is 22.9 Å². The summed E-state index contributed by atoms with van der Waals surface area (Å²) >= 11 is 0. The normalized spacial score (nSPS) is 19.1. The maximum absolute atomic E-state index is 14.7. The summed E-state index contributed by atoms with van der Waals surface area (Å²) in [4.78, 5) is 31.7. The van der Waals surface area contributed by atoms with Gasteiger partial charge in [0.15, 0.2) is 5.65 Å². The molecule has 0 aliphatic carbocycles. The van der Waals surface area contributed by atoms with E-state index in [1.54, 1.807) is 5.32 Å². The summed E-state index contributed by atoms with van der Waals surface area (Å²) in [6, 6.07) is 2.92. The second kappa shape index (κ2) is 9.47. The van der Waals surface area contributed by atoms with Gasteiger partial charge in [0.25, 0.3) is 5.91 Å². The van der Waals surface area contributed by atoms with Crippen LogP contribution in [0.15, 0.2) is 41.3 Å². The van der Waals surface area contributed by atoms with E-state index in [1.165, 1.54) is 24.0 Å². The van der Waals surface area contributed by atoms with E-state index in [9.17, 15) is 41.8 Å². The number of β-amino-alcohol motifs (C(OH)–C–C–N with tert-alkyl or cyclic N) is 2. The fourth-order valence-electron chi connectivity index (χ4n) is 4.00. The fraction of sp³-hybridized carbons (Fsp3) is 0.348. The molecule has 192 valence electrons. The van der Waals surface area contributed by atoms with Gasteiger partial charge in [-0.05, 0) is 30.7 Å². The number of fused-ring (bicyclic) bond motifs is 1. The Bertz CT molecular complexity index is 1370. The van der Waals surface area contributed by atoms with E-state index in [4.69, 9.17) is 0 Å². The molecule has 1 amide bonds. The zero-order chi connectivity index (χ0) is 26.4. The minimum Gasteiger partial charge on any atom is -0.389 e. The number of nitrogens with one attached hydrogen (secondary N) is 1. The van der Waals surface area contributed by atoms with Crippen molar-refractivity contribution in [3.8, 4) is 5.69 Å².